The third kappa shape index (κ3) is 2.62. The number of rotatable bonds is 5. The Hall–Kier alpha value is -1.27. The average molecular weight is 295 g/mol. The van der Waals surface area contributed by atoms with Crippen LogP contribution in [-0.4, -0.2) is 32.7 Å². The van der Waals surface area contributed by atoms with Gasteiger partial charge in [0.15, 0.2) is 0 Å². The van der Waals surface area contributed by atoms with E-state index in [4.69, 9.17) is 10.5 Å². The van der Waals surface area contributed by atoms with Crippen LogP contribution in [0.25, 0.3) is 0 Å². The maximum atomic E-state index is 11.9. The number of hydrogen-bond acceptors (Lipinski definition) is 5. The lowest BCUT2D eigenvalue weighted by atomic mass is 10.1. The van der Waals surface area contributed by atoms with Crippen molar-refractivity contribution in [3.05, 3.63) is 10.4 Å². The summed E-state index contributed by atoms with van der Waals surface area (Å²) in [6.45, 7) is 2.58. The van der Waals surface area contributed by atoms with E-state index in [0.29, 0.717) is 22.4 Å². The molecule has 1 aromatic heterocycles. The van der Waals surface area contributed by atoms with E-state index in [9.17, 15) is 4.79 Å². The number of amides is 1. The molecule has 1 aliphatic carbocycles. The molecule has 2 aliphatic rings. The first-order valence-corrected chi connectivity index (χ1v) is 7.98. The fraction of sp³-hybridized carbons (Fsp3) is 0.643. The van der Waals surface area contributed by atoms with Crippen molar-refractivity contribution in [2.24, 2.45) is 5.92 Å². The highest BCUT2D eigenvalue weighted by Crippen LogP contribution is 2.50. The molecule has 1 saturated carbocycles. The molecule has 20 heavy (non-hydrogen) atoms. The molecular weight excluding hydrogens is 274 g/mol. The highest BCUT2D eigenvalue weighted by atomic mass is 32.1. The van der Waals surface area contributed by atoms with Crippen LogP contribution >= 0.6 is 11.3 Å². The van der Waals surface area contributed by atoms with Crippen LogP contribution in [-0.2, 0) is 4.74 Å². The third-order valence-electron chi connectivity index (χ3n) is 3.98. The number of carbonyl (C=O) groups is 1. The number of nitrogen functional groups attached to an aromatic ring is 1. The average Bonchev–Trinajstić information content (AvgIpc) is 3.03. The summed E-state index contributed by atoms with van der Waals surface area (Å²) in [5.74, 6) is 1.01. The fourth-order valence-corrected chi connectivity index (χ4v) is 3.79. The molecule has 3 rings (SSSR count). The van der Waals surface area contributed by atoms with Crippen molar-refractivity contribution >= 4 is 27.9 Å². The molecule has 2 heterocycles. The van der Waals surface area contributed by atoms with Gasteiger partial charge in [0, 0.05) is 31.7 Å². The number of nitrogens with one attached hydrogen (secondary N) is 2. The number of thiophene rings is 1. The zero-order valence-electron chi connectivity index (χ0n) is 11.7. The van der Waals surface area contributed by atoms with Gasteiger partial charge in [0.1, 0.15) is 4.88 Å². The first-order chi connectivity index (χ1) is 9.70. The second-order valence-corrected chi connectivity index (χ2v) is 6.57. The Bertz CT molecular complexity index is 505. The van der Waals surface area contributed by atoms with Crippen LogP contribution < -0.4 is 16.4 Å². The van der Waals surface area contributed by atoms with Gasteiger partial charge >= 0.3 is 0 Å². The minimum absolute atomic E-state index is 0.0911. The normalized spacial score (nSPS) is 21.9. The van der Waals surface area contributed by atoms with Crippen LogP contribution in [0.4, 0.5) is 10.7 Å². The molecule has 1 atom stereocenters. The van der Waals surface area contributed by atoms with Crippen molar-refractivity contribution in [1.82, 2.24) is 5.32 Å². The lowest BCUT2D eigenvalue weighted by Gasteiger charge is -2.11. The van der Waals surface area contributed by atoms with Gasteiger partial charge in [0.25, 0.3) is 5.91 Å². The minimum Gasteiger partial charge on any atom is -0.397 e. The number of anilines is 2. The van der Waals surface area contributed by atoms with Crippen LogP contribution in [0.15, 0.2) is 0 Å². The van der Waals surface area contributed by atoms with E-state index < -0.39 is 0 Å². The SMILES string of the molecule is CNC(=O)c1sc(NCC2CCOC2)c(C2CC2)c1N. The topological polar surface area (TPSA) is 76.4 Å². The maximum absolute atomic E-state index is 11.9. The van der Waals surface area contributed by atoms with Gasteiger partial charge in [-0.15, -0.1) is 11.3 Å². The smallest absolute Gasteiger partial charge is 0.263 e. The number of hydrogen-bond donors (Lipinski definition) is 3. The van der Waals surface area contributed by atoms with Crippen LogP contribution in [0.1, 0.15) is 40.4 Å². The van der Waals surface area contributed by atoms with E-state index in [1.54, 1.807) is 7.05 Å². The van der Waals surface area contributed by atoms with Crippen molar-refractivity contribution in [2.75, 3.05) is 37.9 Å². The van der Waals surface area contributed by atoms with Gasteiger partial charge in [-0.05, 0) is 25.2 Å². The molecule has 5 nitrogen and oxygen atoms in total. The van der Waals surface area contributed by atoms with Crippen LogP contribution in [0, 0.1) is 5.92 Å². The summed E-state index contributed by atoms with van der Waals surface area (Å²) < 4.78 is 5.39. The Morgan fingerprint density at radius 2 is 2.25 bits per heavy atom. The van der Waals surface area contributed by atoms with Crippen LogP contribution in [0.5, 0.6) is 0 Å². The largest absolute Gasteiger partial charge is 0.397 e. The molecule has 1 amide bonds. The summed E-state index contributed by atoms with van der Waals surface area (Å²) in [6.07, 6.45) is 3.46. The van der Waals surface area contributed by atoms with Crippen molar-refractivity contribution in [3.63, 3.8) is 0 Å². The van der Waals surface area contributed by atoms with Gasteiger partial charge in [-0.2, -0.15) is 0 Å². The Morgan fingerprint density at radius 3 is 2.85 bits per heavy atom. The summed E-state index contributed by atoms with van der Waals surface area (Å²) in [5, 5.41) is 7.24. The Kier molecular flexibility index (Phi) is 3.85. The molecule has 2 fully saturated rings. The highest BCUT2D eigenvalue weighted by Gasteiger charge is 2.33. The van der Waals surface area contributed by atoms with Gasteiger partial charge in [-0.3, -0.25) is 4.79 Å². The predicted octanol–water partition coefficient (Wildman–Crippen LogP) is 2.02. The first-order valence-electron chi connectivity index (χ1n) is 7.16. The standard InChI is InChI=1S/C14H21N3O2S/c1-16-13(18)12-11(15)10(9-2-3-9)14(20-12)17-6-8-4-5-19-7-8/h8-9,17H,2-7,15H2,1H3,(H,16,18). The van der Waals surface area contributed by atoms with E-state index in [0.717, 1.165) is 36.7 Å². The van der Waals surface area contributed by atoms with E-state index in [-0.39, 0.29) is 5.91 Å². The minimum atomic E-state index is -0.0911. The molecule has 4 N–H and O–H groups in total. The maximum Gasteiger partial charge on any atom is 0.263 e. The fourth-order valence-electron chi connectivity index (χ4n) is 2.63. The van der Waals surface area contributed by atoms with E-state index in [2.05, 4.69) is 10.6 Å². The molecule has 1 aliphatic heterocycles. The summed E-state index contributed by atoms with van der Waals surface area (Å²) >= 11 is 1.48. The summed E-state index contributed by atoms with van der Waals surface area (Å²) in [4.78, 5) is 12.5. The Morgan fingerprint density at radius 1 is 1.45 bits per heavy atom. The van der Waals surface area contributed by atoms with Gasteiger partial charge in [0.2, 0.25) is 0 Å². The molecule has 110 valence electrons. The zero-order chi connectivity index (χ0) is 14.1. The highest BCUT2D eigenvalue weighted by molar-refractivity contribution is 7.18. The second kappa shape index (κ2) is 5.61. The molecule has 0 aromatic carbocycles. The molecule has 1 saturated heterocycles. The van der Waals surface area contributed by atoms with Crippen molar-refractivity contribution in [2.45, 2.75) is 25.2 Å². The number of nitrogens with two attached hydrogens (primary N) is 1. The summed E-state index contributed by atoms with van der Waals surface area (Å²) in [6, 6.07) is 0. The molecule has 0 bridgehead atoms. The van der Waals surface area contributed by atoms with Crippen LogP contribution in [0.3, 0.4) is 0 Å². The van der Waals surface area contributed by atoms with Gasteiger partial charge in [0.05, 0.1) is 17.3 Å². The lowest BCUT2D eigenvalue weighted by molar-refractivity contribution is 0.0968. The molecule has 6 heteroatoms. The Labute approximate surface area is 122 Å². The summed E-state index contributed by atoms with van der Waals surface area (Å²) in [7, 11) is 1.64. The predicted molar refractivity (Wildman–Crippen MR) is 81.5 cm³/mol. The molecule has 1 aromatic rings. The van der Waals surface area contributed by atoms with Gasteiger partial charge < -0.3 is 21.1 Å². The second-order valence-electron chi connectivity index (χ2n) is 5.55. The lowest BCUT2D eigenvalue weighted by Crippen LogP contribution is -2.17. The quantitative estimate of drug-likeness (QED) is 0.776. The first kappa shape index (κ1) is 13.7. The molecule has 1 unspecified atom stereocenters. The third-order valence-corrected chi connectivity index (χ3v) is 5.16. The van der Waals surface area contributed by atoms with E-state index in [1.807, 2.05) is 0 Å². The Balaban J connectivity index is 1.79. The van der Waals surface area contributed by atoms with Crippen molar-refractivity contribution < 1.29 is 9.53 Å². The molecular formula is C14H21N3O2S. The van der Waals surface area contributed by atoms with E-state index in [1.165, 1.54) is 24.2 Å². The number of ether oxygens (including phenoxy) is 1. The monoisotopic (exact) mass is 295 g/mol. The van der Waals surface area contributed by atoms with Crippen LogP contribution in [0.2, 0.25) is 0 Å². The zero-order valence-corrected chi connectivity index (χ0v) is 12.5. The summed E-state index contributed by atoms with van der Waals surface area (Å²) in [5.41, 5.74) is 8.02. The molecule has 0 radical (unpaired) electrons. The van der Waals surface area contributed by atoms with Gasteiger partial charge in [-0.1, -0.05) is 0 Å². The van der Waals surface area contributed by atoms with Gasteiger partial charge in [-0.25, -0.2) is 0 Å². The molecule has 0 spiro atoms. The number of carbonyl (C=O) groups excluding carboxylic acids is 1. The van der Waals surface area contributed by atoms with Crippen molar-refractivity contribution in [1.29, 1.82) is 0 Å². The van der Waals surface area contributed by atoms with E-state index >= 15 is 0 Å². The van der Waals surface area contributed by atoms with Crippen molar-refractivity contribution in [3.8, 4) is 0 Å².